The molecule has 7 heavy (non-hydrogen) atoms. The van der Waals surface area contributed by atoms with Crippen LogP contribution in [0.15, 0.2) is 0 Å². The van der Waals surface area contributed by atoms with Gasteiger partial charge in [-0.1, -0.05) is 5.92 Å². The van der Waals surface area contributed by atoms with Crippen molar-refractivity contribution < 1.29 is 0 Å². The summed E-state index contributed by atoms with van der Waals surface area (Å²) in [4.78, 5) is 2.12. The first-order chi connectivity index (χ1) is 3.43. The van der Waals surface area contributed by atoms with Crippen molar-refractivity contribution in [3.63, 3.8) is 0 Å². The number of hydrogen-bond acceptors (Lipinski definition) is 1. The monoisotopic (exact) mass is 95.1 g/mol. The van der Waals surface area contributed by atoms with Gasteiger partial charge in [0.1, 0.15) is 0 Å². The Morgan fingerprint density at radius 2 is 2.14 bits per heavy atom. The maximum absolute atomic E-state index is 2.97. The fourth-order valence-corrected chi connectivity index (χ4v) is 0.586. The highest BCUT2D eigenvalue weighted by molar-refractivity contribution is 4.97. The van der Waals surface area contributed by atoms with E-state index in [2.05, 4.69) is 16.9 Å². The van der Waals surface area contributed by atoms with Crippen molar-refractivity contribution in [2.45, 2.75) is 13.3 Å². The van der Waals surface area contributed by atoms with Gasteiger partial charge in [0.25, 0.3) is 0 Å². The molecule has 1 aliphatic heterocycles. The normalized spacial score (nSPS) is 17.0. The molecule has 1 heterocycles. The quantitative estimate of drug-likeness (QED) is 0.400. The third-order valence-electron chi connectivity index (χ3n) is 1.13. The Morgan fingerprint density at radius 3 is 2.29 bits per heavy atom. The molecule has 0 amide bonds. The number of nitrogens with zero attached hydrogens (tertiary/aromatic N) is 1. The standard InChI is InChI=1S/C6H9N/c1-2-4-7-5-3-6-7/h3,5-6H2,1H3. The molecule has 0 N–H and O–H groups in total. The number of hydrogen-bond donors (Lipinski definition) is 0. The summed E-state index contributed by atoms with van der Waals surface area (Å²) in [5, 5.41) is 0. The molecule has 1 rings (SSSR count). The van der Waals surface area contributed by atoms with Gasteiger partial charge in [-0.3, -0.25) is 0 Å². The van der Waals surface area contributed by atoms with Crippen molar-refractivity contribution in [1.82, 2.24) is 4.90 Å². The summed E-state index contributed by atoms with van der Waals surface area (Å²) in [6.07, 6.45) is 1.33. The van der Waals surface area contributed by atoms with Crippen LogP contribution < -0.4 is 0 Å². The van der Waals surface area contributed by atoms with E-state index in [0.29, 0.717) is 0 Å². The maximum Gasteiger partial charge on any atom is 0.0277 e. The Kier molecular flexibility index (Phi) is 1.21. The molecular weight excluding hydrogens is 86.1 g/mol. The molecule has 1 nitrogen and oxygen atoms in total. The fraction of sp³-hybridized carbons (Fsp3) is 0.667. The van der Waals surface area contributed by atoms with Crippen molar-refractivity contribution in [3.05, 3.63) is 0 Å². The Hall–Kier alpha value is -0.640. The first-order valence-corrected chi connectivity index (χ1v) is 2.61. The predicted octanol–water partition coefficient (Wildman–Crippen LogP) is 0.673. The molecule has 0 aromatic carbocycles. The van der Waals surface area contributed by atoms with Crippen LogP contribution in [0.25, 0.3) is 0 Å². The van der Waals surface area contributed by atoms with Crippen LogP contribution in [-0.4, -0.2) is 18.0 Å². The van der Waals surface area contributed by atoms with Gasteiger partial charge in [-0.25, -0.2) is 0 Å². The molecule has 1 fully saturated rings. The first kappa shape index (κ1) is 4.52. The van der Waals surface area contributed by atoms with E-state index in [1.54, 1.807) is 0 Å². The highest BCUT2D eigenvalue weighted by Gasteiger charge is 2.07. The van der Waals surface area contributed by atoms with Gasteiger partial charge in [-0.05, 0) is 13.3 Å². The molecule has 38 valence electrons. The molecule has 0 aliphatic carbocycles. The van der Waals surface area contributed by atoms with Gasteiger partial charge < -0.3 is 4.90 Å². The van der Waals surface area contributed by atoms with Crippen molar-refractivity contribution >= 4 is 0 Å². The van der Waals surface area contributed by atoms with E-state index in [9.17, 15) is 0 Å². The van der Waals surface area contributed by atoms with Crippen molar-refractivity contribution in [3.8, 4) is 12.0 Å². The molecule has 1 heteroatoms. The Bertz CT molecular complexity index is 103. The smallest absolute Gasteiger partial charge is 0.0277 e. The van der Waals surface area contributed by atoms with Gasteiger partial charge in [-0.15, -0.1) is 0 Å². The van der Waals surface area contributed by atoms with Gasteiger partial charge >= 0.3 is 0 Å². The summed E-state index contributed by atoms with van der Waals surface area (Å²) in [6, 6.07) is 2.97. The minimum absolute atomic E-state index is 1.18. The Morgan fingerprint density at radius 1 is 1.43 bits per heavy atom. The van der Waals surface area contributed by atoms with Gasteiger partial charge in [0.15, 0.2) is 0 Å². The second-order valence-electron chi connectivity index (χ2n) is 1.70. The molecule has 0 aromatic rings. The van der Waals surface area contributed by atoms with Crippen LogP contribution in [0.3, 0.4) is 0 Å². The van der Waals surface area contributed by atoms with E-state index in [0.717, 1.165) is 0 Å². The summed E-state index contributed by atoms with van der Waals surface area (Å²) >= 11 is 0. The lowest BCUT2D eigenvalue weighted by Gasteiger charge is -2.25. The van der Waals surface area contributed by atoms with E-state index >= 15 is 0 Å². The predicted molar refractivity (Wildman–Crippen MR) is 29.6 cm³/mol. The Labute approximate surface area is 44.3 Å². The first-order valence-electron chi connectivity index (χ1n) is 2.61. The number of likely N-dealkylation sites (tertiary alicyclic amines) is 1. The maximum atomic E-state index is 2.97. The molecule has 1 saturated heterocycles. The summed E-state index contributed by atoms with van der Waals surface area (Å²) in [7, 11) is 0. The average Bonchev–Trinajstić information content (AvgIpc) is 1.55. The van der Waals surface area contributed by atoms with Crippen LogP contribution in [0.5, 0.6) is 0 Å². The Balaban J connectivity index is 2.23. The lowest BCUT2D eigenvalue weighted by atomic mass is 10.2. The summed E-state index contributed by atoms with van der Waals surface area (Å²) in [5.74, 6) is 2.85. The molecule has 0 unspecified atom stereocenters. The molecule has 0 aromatic heterocycles. The minimum Gasteiger partial charge on any atom is -0.333 e. The van der Waals surface area contributed by atoms with Gasteiger partial charge in [0.05, 0.1) is 0 Å². The second-order valence-corrected chi connectivity index (χ2v) is 1.70. The zero-order valence-corrected chi connectivity index (χ0v) is 4.57. The summed E-state index contributed by atoms with van der Waals surface area (Å²) < 4.78 is 0. The van der Waals surface area contributed by atoms with E-state index < -0.39 is 0 Å². The lowest BCUT2D eigenvalue weighted by Crippen LogP contribution is -2.32. The topological polar surface area (TPSA) is 3.24 Å². The van der Waals surface area contributed by atoms with Gasteiger partial charge in [0.2, 0.25) is 0 Å². The van der Waals surface area contributed by atoms with E-state index in [4.69, 9.17) is 0 Å². The van der Waals surface area contributed by atoms with Crippen LogP contribution in [0, 0.1) is 12.0 Å². The molecule has 0 saturated carbocycles. The van der Waals surface area contributed by atoms with Crippen LogP contribution in [0.4, 0.5) is 0 Å². The minimum atomic E-state index is 1.18. The largest absolute Gasteiger partial charge is 0.333 e. The molecule has 0 radical (unpaired) electrons. The summed E-state index contributed by atoms with van der Waals surface area (Å²) in [5.41, 5.74) is 0. The highest BCUT2D eigenvalue weighted by atomic mass is 15.1. The lowest BCUT2D eigenvalue weighted by molar-refractivity contribution is 0.282. The molecule has 0 spiro atoms. The SMILES string of the molecule is CC#CN1CCC1. The van der Waals surface area contributed by atoms with Crippen molar-refractivity contribution in [1.29, 1.82) is 0 Å². The zero-order valence-electron chi connectivity index (χ0n) is 4.57. The third-order valence-corrected chi connectivity index (χ3v) is 1.13. The molecule has 1 aliphatic rings. The van der Waals surface area contributed by atoms with Crippen molar-refractivity contribution in [2.24, 2.45) is 0 Å². The van der Waals surface area contributed by atoms with Crippen LogP contribution in [-0.2, 0) is 0 Å². The van der Waals surface area contributed by atoms with Crippen LogP contribution in [0.1, 0.15) is 13.3 Å². The van der Waals surface area contributed by atoms with E-state index in [1.807, 2.05) is 6.92 Å². The van der Waals surface area contributed by atoms with Crippen molar-refractivity contribution in [2.75, 3.05) is 13.1 Å². The van der Waals surface area contributed by atoms with E-state index in [-0.39, 0.29) is 0 Å². The molecular formula is C6H9N. The van der Waals surface area contributed by atoms with Gasteiger partial charge in [0, 0.05) is 19.1 Å². The van der Waals surface area contributed by atoms with Crippen LogP contribution in [0.2, 0.25) is 0 Å². The fourth-order valence-electron chi connectivity index (χ4n) is 0.586. The van der Waals surface area contributed by atoms with E-state index in [1.165, 1.54) is 19.5 Å². The second kappa shape index (κ2) is 1.88. The molecule has 0 atom stereocenters. The zero-order chi connectivity index (χ0) is 5.11. The molecule has 0 bridgehead atoms. The highest BCUT2D eigenvalue weighted by Crippen LogP contribution is 2.01. The third kappa shape index (κ3) is 0.866. The van der Waals surface area contributed by atoms with Gasteiger partial charge in [-0.2, -0.15) is 0 Å². The average molecular weight is 95.1 g/mol. The summed E-state index contributed by atoms with van der Waals surface area (Å²) in [6.45, 7) is 4.24. The van der Waals surface area contributed by atoms with Crippen LogP contribution >= 0.6 is 0 Å². The number of rotatable bonds is 0.